The number of benzene rings is 1. The third-order valence-electron chi connectivity index (χ3n) is 2.56. The molecule has 0 aliphatic heterocycles. The van der Waals surface area contributed by atoms with Crippen molar-refractivity contribution < 1.29 is 23.8 Å². The maximum absolute atomic E-state index is 13.5. The van der Waals surface area contributed by atoms with Gasteiger partial charge in [0.1, 0.15) is 17.4 Å². The summed E-state index contributed by atoms with van der Waals surface area (Å²) in [7, 11) is 0. The van der Waals surface area contributed by atoms with Crippen LogP contribution < -0.4 is 5.32 Å². The molecule has 20 heavy (non-hydrogen) atoms. The van der Waals surface area contributed by atoms with E-state index in [4.69, 9.17) is 10.2 Å². The van der Waals surface area contributed by atoms with E-state index in [1.54, 1.807) is 0 Å². The lowest BCUT2D eigenvalue weighted by Crippen LogP contribution is -2.07. The van der Waals surface area contributed by atoms with Gasteiger partial charge in [0.15, 0.2) is 0 Å². The third kappa shape index (κ3) is 3.00. The van der Waals surface area contributed by atoms with Crippen LogP contribution in [0.1, 0.15) is 16.1 Å². The number of rotatable bonds is 4. The number of carboxylic acids is 1. The maximum Gasteiger partial charge on any atom is 0.338 e. The van der Waals surface area contributed by atoms with Gasteiger partial charge in [-0.3, -0.25) is 4.98 Å². The summed E-state index contributed by atoms with van der Waals surface area (Å²) in [5.41, 5.74) is -0.255. The van der Waals surface area contributed by atoms with E-state index < -0.39 is 23.2 Å². The number of pyridine rings is 1. The van der Waals surface area contributed by atoms with Crippen LogP contribution >= 0.6 is 0 Å². The number of aromatic hydroxyl groups is 1. The highest BCUT2D eigenvalue weighted by Gasteiger charge is 2.15. The van der Waals surface area contributed by atoms with E-state index in [-0.39, 0.29) is 18.0 Å². The minimum Gasteiger partial charge on any atom is -0.506 e. The molecule has 3 N–H and O–H groups in total. The average Bonchev–Trinajstić information content (AvgIpc) is 2.39. The van der Waals surface area contributed by atoms with E-state index in [2.05, 4.69) is 10.3 Å². The molecule has 104 valence electrons. The zero-order chi connectivity index (χ0) is 14.7. The van der Waals surface area contributed by atoms with E-state index in [1.165, 1.54) is 18.3 Å². The van der Waals surface area contributed by atoms with Crippen molar-refractivity contribution in [2.24, 2.45) is 0 Å². The van der Waals surface area contributed by atoms with Gasteiger partial charge in [0.05, 0.1) is 29.7 Å². The van der Waals surface area contributed by atoms with Gasteiger partial charge in [0, 0.05) is 6.07 Å². The Balaban J connectivity index is 2.18. The molecule has 1 heterocycles. The van der Waals surface area contributed by atoms with Crippen LogP contribution in [-0.2, 0) is 6.54 Å². The number of carboxylic acid groups (broad SMARTS) is 1. The molecule has 0 spiro atoms. The zero-order valence-electron chi connectivity index (χ0n) is 10.1. The molecule has 0 fully saturated rings. The van der Waals surface area contributed by atoms with E-state index >= 15 is 0 Å². The summed E-state index contributed by atoms with van der Waals surface area (Å²) in [5, 5.41) is 20.5. The molecule has 0 saturated carbocycles. The van der Waals surface area contributed by atoms with Crippen LogP contribution in [0.4, 0.5) is 14.5 Å². The molecule has 2 aromatic rings. The van der Waals surface area contributed by atoms with E-state index in [1.807, 2.05) is 0 Å². The summed E-state index contributed by atoms with van der Waals surface area (Å²) in [6, 6.07) is 4.32. The van der Waals surface area contributed by atoms with Crippen molar-refractivity contribution in [2.45, 2.75) is 6.54 Å². The van der Waals surface area contributed by atoms with Gasteiger partial charge in [-0.2, -0.15) is 0 Å². The fraction of sp³-hybridized carbons (Fsp3) is 0.0769. The summed E-state index contributed by atoms with van der Waals surface area (Å²) in [5.74, 6) is -3.52. The minimum atomic E-state index is -1.48. The molecule has 0 amide bonds. The minimum absolute atomic E-state index is 0.00474. The van der Waals surface area contributed by atoms with Crippen molar-refractivity contribution in [3.63, 3.8) is 0 Å². The summed E-state index contributed by atoms with van der Waals surface area (Å²) in [6.07, 6.45) is 1.22. The van der Waals surface area contributed by atoms with Crippen LogP contribution in [-0.4, -0.2) is 21.2 Å². The van der Waals surface area contributed by atoms with Crippen molar-refractivity contribution in [1.82, 2.24) is 4.98 Å². The Morgan fingerprint density at radius 3 is 2.60 bits per heavy atom. The number of nitrogens with zero attached hydrogens (tertiary/aromatic N) is 1. The molecule has 7 heteroatoms. The Morgan fingerprint density at radius 2 is 2.00 bits per heavy atom. The third-order valence-corrected chi connectivity index (χ3v) is 2.56. The maximum atomic E-state index is 13.5. The van der Waals surface area contributed by atoms with Crippen molar-refractivity contribution in [1.29, 1.82) is 0 Å². The van der Waals surface area contributed by atoms with Crippen LogP contribution in [0.15, 0.2) is 30.5 Å². The molecule has 0 unspecified atom stereocenters. The number of nitrogens with one attached hydrogen (secondary N) is 1. The summed E-state index contributed by atoms with van der Waals surface area (Å²) < 4.78 is 26.7. The van der Waals surface area contributed by atoms with Crippen LogP contribution in [0.5, 0.6) is 5.75 Å². The van der Waals surface area contributed by atoms with E-state index in [0.29, 0.717) is 11.8 Å². The van der Waals surface area contributed by atoms with Gasteiger partial charge in [0.25, 0.3) is 0 Å². The van der Waals surface area contributed by atoms with Crippen LogP contribution in [0.25, 0.3) is 0 Å². The predicted molar refractivity (Wildman–Crippen MR) is 66.5 cm³/mol. The molecule has 0 radical (unpaired) electrons. The molecule has 0 saturated heterocycles. The van der Waals surface area contributed by atoms with Gasteiger partial charge in [0.2, 0.25) is 0 Å². The van der Waals surface area contributed by atoms with Crippen molar-refractivity contribution in [3.8, 4) is 5.75 Å². The van der Waals surface area contributed by atoms with E-state index in [0.717, 1.165) is 6.07 Å². The average molecular weight is 280 g/mol. The monoisotopic (exact) mass is 280 g/mol. The molecular formula is C13H10F2N2O3. The SMILES string of the molecule is O=C(O)c1cc(NCc2ccc(O)cn2)c(F)cc1F. The fourth-order valence-electron chi connectivity index (χ4n) is 1.56. The lowest BCUT2D eigenvalue weighted by molar-refractivity contribution is 0.0692. The molecule has 0 aliphatic rings. The summed E-state index contributed by atoms with van der Waals surface area (Å²) >= 11 is 0. The highest BCUT2D eigenvalue weighted by Crippen LogP contribution is 2.20. The summed E-state index contributed by atoms with van der Waals surface area (Å²) in [4.78, 5) is 14.6. The van der Waals surface area contributed by atoms with Crippen molar-refractivity contribution >= 4 is 11.7 Å². The smallest absolute Gasteiger partial charge is 0.338 e. The Hall–Kier alpha value is -2.70. The number of hydrogen-bond donors (Lipinski definition) is 3. The number of halogens is 2. The highest BCUT2D eigenvalue weighted by molar-refractivity contribution is 5.89. The second-order valence-corrected chi connectivity index (χ2v) is 3.98. The summed E-state index contributed by atoms with van der Waals surface area (Å²) in [6.45, 7) is 0.0991. The normalized spacial score (nSPS) is 10.3. The second kappa shape index (κ2) is 5.52. The standard InChI is InChI=1S/C13H10F2N2O3/c14-10-4-11(15)12(3-9(10)13(19)20)17-5-7-1-2-8(18)6-16-7/h1-4,6,17-18H,5H2,(H,19,20). The topological polar surface area (TPSA) is 82.5 Å². The molecule has 5 nitrogen and oxygen atoms in total. The molecule has 2 rings (SSSR count). The van der Waals surface area contributed by atoms with Crippen LogP contribution in [0.2, 0.25) is 0 Å². The number of hydrogen-bond acceptors (Lipinski definition) is 4. The first-order valence-electron chi connectivity index (χ1n) is 5.57. The quantitative estimate of drug-likeness (QED) is 0.801. The molecule has 1 aromatic heterocycles. The van der Waals surface area contributed by atoms with Crippen molar-refractivity contribution in [2.75, 3.05) is 5.32 Å². The number of carbonyl (C=O) groups is 1. The van der Waals surface area contributed by atoms with Gasteiger partial charge in [-0.25, -0.2) is 13.6 Å². The van der Waals surface area contributed by atoms with E-state index in [9.17, 15) is 13.6 Å². The van der Waals surface area contributed by atoms with Gasteiger partial charge in [-0.1, -0.05) is 0 Å². The molecule has 1 aromatic carbocycles. The number of aromatic nitrogens is 1. The Bertz CT molecular complexity index is 645. The van der Waals surface area contributed by atoms with Gasteiger partial charge in [-0.15, -0.1) is 0 Å². The highest BCUT2D eigenvalue weighted by atomic mass is 19.1. The largest absolute Gasteiger partial charge is 0.506 e. The van der Waals surface area contributed by atoms with Gasteiger partial charge >= 0.3 is 5.97 Å². The first kappa shape index (κ1) is 13.7. The number of anilines is 1. The Kier molecular flexibility index (Phi) is 3.79. The first-order valence-corrected chi connectivity index (χ1v) is 5.57. The van der Waals surface area contributed by atoms with Crippen LogP contribution in [0, 0.1) is 11.6 Å². The lowest BCUT2D eigenvalue weighted by atomic mass is 10.1. The zero-order valence-corrected chi connectivity index (χ0v) is 10.1. The molecular weight excluding hydrogens is 270 g/mol. The van der Waals surface area contributed by atoms with Gasteiger partial charge < -0.3 is 15.5 Å². The molecule has 0 bridgehead atoms. The van der Waals surface area contributed by atoms with Crippen molar-refractivity contribution in [3.05, 3.63) is 53.4 Å². The molecule has 0 atom stereocenters. The fourth-order valence-corrected chi connectivity index (χ4v) is 1.56. The second-order valence-electron chi connectivity index (χ2n) is 3.98. The Morgan fingerprint density at radius 1 is 1.25 bits per heavy atom. The Labute approximate surface area is 112 Å². The molecule has 0 aliphatic carbocycles. The van der Waals surface area contributed by atoms with Crippen LogP contribution in [0.3, 0.4) is 0 Å². The van der Waals surface area contributed by atoms with Gasteiger partial charge in [-0.05, 0) is 18.2 Å². The number of aromatic carboxylic acids is 1. The predicted octanol–water partition coefficient (Wildman–Crippen LogP) is 2.38. The first-order chi connectivity index (χ1) is 9.47. The lowest BCUT2D eigenvalue weighted by Gasteiger charge is -2.09.